The van der Waals surface area contributed by atoms with Gasteiger partial charge >= 0.3 is 0 Å². The largest absolute Gasteiger partial charge is 0.311 e. The monoisotopic (exact) mass is 411 g/mol. The molecule has 0 saturated heterocycles. The predicted molar refractivity (Wildman–Crippen MR) is 129 cm³/mol. The highest BCUT2D eigenvalue weighted by Gasteiger charge is 2.37. The Balaban J connectivity index is 1.89. The first-order valence-corrected chi connectivity index (χ1v) is 10.9. The van der Waals surface area contributed by atoms with Crippen molar-refractivity contribution < 1.29 is 4.79 Å². The topological polar surface area (TPSA) is 20.3 Å². The van der Waals surface area contributed by atoms with Gasteiger partial charge in [-0.15, -0.1) is 11.3 Å². The van der Waals surface area contributed by atoms with Gasteiger partial charge in [0.1, 0.15) is 0 Å². The Kier molecular flexibility index (Phi) is 5.31. The number of thiophene rings is 1. The maximum atomic E-state index is 11.3. The van der Waals surface area contributed by atoms with Crippen LogP contribution in [0.2, 0.25) is 0 Å². The van der Waals surface area contributed by atoms with Gasteiger partial charge in [0.05, 0.1) is 4.88 Å². The van der Waals surface area contributed by atoms with Crippen molar-refractivity contribution in [3.63, 3.8) is 0 Å². The fourth-order valence-electron chi connectivity index (χ4n) is 4.12. The molecule has 150 valence electrons. The first-order valence-electron chi connectivity index (χ1n) is 10.1. The van der Waals surface area contributed by atoms with Crippen molar-refractivity contribution in [2.24, 2.45) is 0 Å². The van der Waals surface area contributed by atoms with E-state index in [1.165, 1.54) is 21.6 Å². The van der Waals surface area contributed by atoms with Crippen molar-refractivity contribution in [2.75, 3.05) is 4.90 Å². The Morgan fingerprint density at radius 3 is 2.47 bits per heavy atom. The third-order valence-corrected chi connectivity index (χ3v) is 6.75. The van der Waals surface area contributed by atoms with E-state index >= 15 is 0 Å². The van der Waals surface area contributed by atoms with Crippen molar-refractivity contribution in [3.8, 4) is 10.4 Å². The molecule has 0 aliphatic heterocycles. The molecule has 0 saturated carbocycles. The van der Waals surface area contributed by atoms with Gasteiger partial charge in [0.25, 0.3) is 0 Å². The SMILES string of the molecule is C=C/C(=C\C=C/C)N(c1ccccc1)c1ccc2c(c1)C(C)(C)c1cc(C=O)sc1-2. The third kappa shape index (κ3) is 3.25. The van der Waals surface area contributed by atoms with Crippen LogP contribution in [0.4, 0.5) is 11.4 Å². The summed E-state index contributed by atoms with van der Waals surface area (Å²) in [4.78, 5) is 15.5. The Hall–Kier alpha value is -3.17. The molecule has 0 bridgehead atoms. The van der Waals surface area contributed by atoms with Crippen molar-refractivity contribution in [2.45, 2.75) is 26.2 Å². The third-order valence-electron chi connectivity index (χ3n) is 5.66. The van der Waals surface area contributed by atoms with E-state index in [0.717, 1.165) is 28.2 Å². The zero-order valence-corrected chi connectivity index (χ0v) is 18.4. The van der Waals surface area contributed by atoms with E-state index in [2.05, 4.69) is 73.9 Å². The fourth-order valence-corrected chi connectivity index (χ4v) is 5.29. The molecule has 30 heavy (non-hydrogen) atoms. The second-order valence-corrected chi connectivity index (χ2v) is 8.94. The van der Waals surface area contributed by atoms with Crippen LogP contribution in [0.5, 0.6) is 0 Å². The van der Waals surface area contributed by atoms with Gasteiger partial charge < -0.3 is 4.90 Å². The lowest BCUT2D eigenvalue weighted by Gasteiger charge is -2.28. The quantitative estimate of drug-likeness (QED) is 0.307. The molecular formula is C27H25NOS. The summed E-state index contributed by atoms with van der Waals surface area (Å²) in [5.41, 5.74) is 6.78. The van der Waals surface area contributed by atoms with Gasteiger partial charge in [-0.2, -0.15) is 0 Å². The number of hydrogen-bond acceptors (Lipinski definition) is 3. The Labute approximate surface area is 182 Å². The number of para-hydroxylation sites is 1. The Morgan fingerprint density at radius 1 is 1.03 bits per heavy atom. The highest BCUT2D eigenvalue weighted by atomic mass is 32.1. The number of anilines is 2. The number of hydrogen-bond donors (Lipinski definition) is 0. The molecule has 0 spiro atoms. The number of benzene rings is 2. The lowest BCUT2D eigenvalue weighted by Crippen LogP contribution is -2.18. The van der Waals surface area contributed by atoms with Crippen LogP contribution in [0.3, 0.4) is 0 Å². The van der Waals surface area contributed by atoms with E-state index in [0.29, 0.717) is 0 Å². The summed E-state index contributed by atoms with van der Waals surface area (Å²) in [5.74, 6) is 0. The Morgan fingerprint density at radius 2 is 1.80 bits per heavy atom. The summed E-state index contributed by atoms with van der Waals surface area (Å²) < 4.78 is 0. The van der Waals surface area contributed by atoms with Crippen molar-refractivity contribution in [3.05, 3.63) is 107 Å². The van der Waals surface area contributed by atoms with Crippen molar-refractivity contribution >= 4 is 29.0 Å². The van der Waals surface area contributed by atoms with Crippen LogP contribution in [-0.2, 0) is 5.41 Å². The van der Waals surface area contributed by atoms with E-state index in [-0.39, 0.29) is 5.41 Å². The van der Waals surface area contributed by atoms with Gasteiger partial charge in [-0.05, 0) is 66.1 Å². The van der Waals surface area contributed by atoms with E-state index in [4.69, 9.17) is 0 Å². The van der Waals surface area contributed by atoms with Crippen LogP contribution in [0.1, 0.15) is 41.6 Å². The summed E-state index contributed by atoms with van der Waals surface area (Å²) in [6, 6.07) is 19.0. The van der Waals surface area contributed by atoms with Crippen LogP contribution in [0.15, 0.2) is 91.2 Å². The second-order valence-electron chi connectivity index (χ2n) is 7.86. The molecule has 1 aliphatic rings. The van der Waals surface area contributed by atoms with E-state index in [1.54, 1.807) is 11.3 Å². The summed E-state index contributed by atoms with van der Waals surface area (Å²) in [6.45, 7) is 10.5. The van der Waals surface area contributed by atoms with Crippen LogP contribution in [-0.4, -0.2) is 6.29 Å². The molecule has 1 aliphatic carbocycles. The van der Waals surface area contributed by atoms with E-state index < -0.39 is 0 Å². The minimum absolute atomic E-state index is 0.151. The predicted octanol–water partition coefficient (Wildman–Crippen LogP) is 7.65. The molecule has 0 N–H and O–H groups in total. The number of aldehydes is 1. The summed E-state index contributed by atoms with van der Waals surface area (Å²) in [7, 11) is 0. The van der Waals surface area contributed by atoms with Crippen LogP contribution in [0, 0.1) is 0 Å². The molecule has 2 nitrogen and oxygen atoms in total. The van der Waals surface area contributed by atoms with Crippen LogP contribution >= 0.6 is 11.3 Å². The molecule has 0 atom stereocenters. The van der Waals surface area contributed by atoms with Gasteiger partial charge in [0.15, 0.2) is 6.29 Å². The first kappa shape index (κ1) is 20.1. The molecule has 0 radical (unpaired) electrons. The lowest BCUT2D eigenvalue weighted by molar-refractivity contribution is 0.112. The van der Waals surface area contributed by atoms with Crippen molar-refractivity contribution in [1.29, 1.82) is 0 Å². The standard InChI is InChI=1S/C27H25NOS/c1-5-7-11-19(6-2)28(20-12-9-8-10-13-20)21-14-15-23-24(16-21)27(3,4)25-17-22(18-29)30-26(23)25/h5-18H,2H2,1,3-4H3/b7-5-,19-11+. The molecule has 4 rings (SSSR count). The number of rotatable bonds is 6. The fraction of sp³-hybridized carbons (Fsp3) is 0.148. The number of carbonyl (C=O) groups excluding carboxylic acids is 1. The number of fused-ring (bicyclic) bond motifs is 3. The van der Waals surface area contributed by atoms with E-state index in [9.17, 15) is 4.79 Å². The average Bonchev–Trinajstić information content (AvgIpc) is 3.29. The molecule has 0 unspecified atom stereocenters. The van der Waals surface area contributed by atoms with Crippen molar-refractivity contribution in [1.82, 2.24) is 0 Å². The van der Waals surface area contributed by atoms with Crippen LogP contribution < -0.4 is 4.90 Å². The molecule has 1 heterocycles. The molecule has 2 aromatic carbocycles. The number of carbonyl (C=O) groups is 1. The maximum Gasteiger partial charge on any atom is 0.160 e. The summed E-state index contributed by atoms with van der Waals surface area (Å²) in [5, 5.41) is 0. The molecular weight excluding hydrogens is 386 g/mol. The zero-order valence-electron chi connectivity index (χ0n) is 17.6. The molecule has 1 aromatic heterocycles. The average molecular weight is 412 g/mol. The minimum atomic E-state index is -0.151. The highest BCUT2D eigenvalue weighted by molar-refractivity contribution is 7.17. The van der Waals surface area contributed by atoms with Gasteiger partial charge in [-0.25, -0.2) is 0 Å². The molecule has 3 heteroatoms. The molecule has 3 aromatic rings. The first-order chi connectivity index (χ1) is 14.5. The van der Waals surface area contributed by atoms with E-state index in [1.807, 2.05) is 37.3 Å². The zero-order chi connectivity index (χ0) is 21.3. The maximum absolute atomic E-state index is 11.3. The Bertz CT molecular complexity index is 1160. The summed E-state index contributed by atoms with van der Waals surface area (Å²) in [6.07, 6.45) is 8.96. The number of allylic oxidation sites excluding steroid dienone is 4. The second kappa shape index (κ2) is 7.92. The minimum Gasteiger partial charge on any atom is -0.311 e. The van der Waals surface area contributed by atoms with Gasteiger partial charge in [0, 0.05) is 27.4 Å². The molecule has 0 amide bonds. The highest BCUT2D eigenvalue weighted by Crippen LogP contribution is 2.53. The normalized spacial score (nSPS) is 14.4. The van der Waals surface area contributed by atoms with Gasteiger partial charge in [-0.1, -0.05) is 56.8 Å². The van der Waals surface area contributed by atoms with Crippen LogP contribution in [0.25, 0.3) is 10.4 Å². The van der Waals surface area contributed by atoms with Gasteiger partial charge in [0.2, 0.25) is 0 Å². The summed E-state index contributed by atoms with van der Waals surface area (Å²) >= 11 is 1.58. The number of nitrogens with zero attached hydrogens (tertiary/aromatic N) is 1. The molecule has 0 fully saturated rings. The smallest absolute Gasteiger partial charge is 0.160 e. The van der Waals surface area contributed by atoms with Gasteiger partial charge in [-0.3, -0.25) is 4.79 Å². The lowest BCUT2D eigenvalue weighted by atomic mass is 9.82.